The summed E-state index contributed by atoms with van der Waals surface area (Å²) < 4.78 is 7.01. The Kier molecular flexibility index (Phi) is 3.59. The van der Waals surface area contributed by atoms with Gasteiger partial charge in [-0.1, -0.05) is 36.7 Å². The maximum atomic E-state index is 6.02. The van der Waals surface area contributed by atoms with Gasteiger partial charge < -0.3 is 10.2 Å². The minimum absolute atomic E-state index is 0.0128. The zero-order valence-electron chi connectivity index (χ0n) is 10.5. The molecule has 2 rings (SSSR count). The van der Waals surface area contributed by atoms with Crippen LogP contribution in [0.4, 0.5) is 0 Å². The third-order valence-corrected chi connectivity index (χ3v) is 3.51. The van der Waals surface area contributed by atoms with Gasteiger partial charge in [-0.15, -0.1) is 0 Å². The molecule has 0 aliphatic carbocycles. The summed E-state index contributed by atoms with van der Waals surface area (Å²) in [5, 5.41) is 1.13. The molecule has 2 nitrogen and oxygen atoms in total. The maximum Gasteiger partial charge on any atom is 0.137 e. The first-order chi connectivity index (χ1) is 8.02. The van der Waals surface area contributed by atoms with Gasteiger partial charge in [0.15, 0.2) is 0 Å². The highest BCUT2D eigenvalue weighted by atomic mass is 79.9. The van der Waals surface area contributed by atoms with Crippen LogP contribution in [0.25, 0.3) is 11.0 Å². The fourth-order valence-electron chi connectivity index (χ4n) is 1.97. The van der Waals surface area contributed by atoms with Gasteiger partial charge in [0.2, 0.25) is 0 Å². The SMILES string of the molecule is CCC(N)c1cc2cc(Br)cc(C(C)C)c2o1. The predicted molar refractivity (Wildman–Crippen MR) is 75.2 cm³/mol. The Hall–Kier alpha value is -0.800. The average molecular weight is 296 g/mol. The Morgan fingerprint density at radius 2 is 2.00 bits per heavy atom. The summed E-state index contributed by atoms with van der Waals surface area (Å²) >= 11 is 3.54. The molecule has 0 radical (unpaired) electrons. The van der Waals surface area contributed by atoms with Crippen LogP contribution in [0.15, 0.2) is 27.1 Å². The van der Waals surface area contributed by atoms with E-state index in [-0.39, 0.29) is 6.04 Å². The highest BCUT2D eigenvalue weighted by molar-refractivity contribution is 9.10. The van der Waals surface area contributed by atoms with Crippen LogP contribution in [0.3, 0.4) is 0 Å². The average Bonchev–Trinajstić information content (AvgIpc) is 2.69. The highest BCUT2D eigenvalue weighted by Gasteiger charge is 2.15. The molecular formula is C14H18BrNO. The Morgan fingerprint density at radius 3 is 2.59 bits per heavy atom. The molecule has 0 saturated carbocycles. The van der Waals surface area contributed by atoms with Gasteiger partial charge in [-0.2, -0.15) is 0 Å². The van der Waals surface area contributed by atoms with Crippen molar-refractivity contribution in [2.24, 2.45) is 5.73 Å². The van der Waals surface area contributed by atoms with Crippen LogP contribution in [0.5, 0.6) is 0 Å². The van der Waals surface area contributed by atoms with Gasteiger partial charge in [-0.3, -0.25) is 0 Å². The van der Waals surface area contributed by atoms with Gasteiger partial charge in [0.1, 0.15) is 11.3 Å². The lowest BCUT2D eigenvalue weighted by Crippen LogP contribution is -2.06. The van der Waals surface area contributed by atoms with E-state index in [4.69, 9.17) is 10.2 Å². The van der Waals surface area contributed by atoms with Crippen LogP contribution >= 0.6 is 15.9 Å². The summed E-state index contributed by atoms with van der Waals surface area (Å²) in [6.07, 6.45) is 0.887. The lowest BCUT2D eigenvalue weighted by molar-refractivity contribution is 0.485. The van der Waals surface area contributed by atoms with Gasteiger partial charge in [0, 0.05) is 9.86 Å². The zero-order chi connectivity index (χ0) is 12.6. The molecule has 1 heterocycles. The van der Waals surface area contributed by atoms with Crippen LogP contribution in [-0.4, -0.2) is 0 Å². The quantitative estimate of drug-likeness (QED) is 0.889. The first-order valence-corrected chi connectivity index (χ1v) is 6.80. The second-order valence-corrected chi connectivity index (χ2v) is 5.65. The molecule has 1 aromatic carbocycles. The minimum Gasteiger partial charge on any atom is -0.459 e. The van der Waals surface area contributed by atoms with Crippen molar-refractivity contribution >= 4 is 26.9 Å². The predicted octanol–water partition coefficient (Wildman–Crippen LogP) is 4.73. The van der Waals surface area contributed by atoms with Crippen LogP contribution in [0.1, 0.15) is 50.5 Å². The number of rotatable bonds is 3. The molecule has 0 bridgehead atoms. The van der Waals surface area contributed by atoms with E-state index in [9.17, 15) is 0 Å². The number of nitrogens with two attached hydrogens (primary N) is 1. The van der Waals surface area contributed by atoms with E-state index < -0.39 is 0 Å². The molecule has 0 aliphatic rings. The van der Waals surface area contributed by atoms with E-state index >= 15 is 0 Å². The van der Waals surface area contributed by atoms with Crippen LogP contribution in [-0.2, 0) is 0 Å². The summed E-state index contributed by atoms with van der Waals surface area (Å²) in [6.45, 7) is 6.41. The van der Waals surface area contributed by atoms with Crippen LogP contribution < -0.4 is 5.73 Å². The van der Waals surface area contributed by atoms with Crippen molar-refractivity contribution in [3.63, 3.8) is 0 Å². The van der Waals surface area contributed by atoms with Crippen molar-refractivity contribution < 1.29 is 4.42 Å². The summed E-state index contributed by atoms with van der Waals surface area (Å²) in [5.74, 6) is 1.31. The lowest BCUT2D eigenvalue weighted by atomic mass is 10.0. The summed E-state index contributed by atoms with van der Waals surface area (Å²) in [4.78, 5) is 0. The standard InChI is InChI=1S/C14H18BrNO/c1-4-12(16)13-6-9-5-10(15)7-11(8(2)3)14(9)17-13/h5-8,12H,4,16H2,1-3H3. The van der Waals surface area contributed by atoms with E-state index in [1.165, 1.54) is 5.56 Å². The molecule has 2 aromatic rings. The molecule has 1 aromatic heterocycles. The van der Waals surface area contributed by atoms with Crippen molar-refractivity contribution in [1.29, 1.82) is 0 Å². The molecule has 17 heavy (non-hydrogen) atoms. The fourth-order valence-corrected chi connectivity index (χ4v) is 2.47. The Balaban J connectivity index is 2.63. The van der Waals surface area contributed by atoms with E-state index in [2.05, 4.69) is 54.9 Å². The van der Waals surface area contributed by atoms with Gasteiger partial charge in [-0.05, 0) is 36.1 Å². The second-order valence-electron chi connectivity index (χ2n) is 4.73. The van der Waals surface area contributed by atoms with E-state index in [1.54, 1.807) is 0 Å². The molecule has 0 fully saturated rings. The second kappa shape index (κ2) is 4.83. The third kappa shape index (κ3) is 2.40. The van der Waals surface area contributed by atoms with Crippen molar-refractivity contribution in [2.45, 2.75) is 39.2 Å². The van der Waals surface area contributed by atoms with Crippen molar-refractivity contribution in [1.82, 2.24) is 0 Å². The monoisotopic (exact) mass is 295 g/mol. The van der Waals surface area contributed by atoms with E-state index in [0.29, 0.717) is 5.92 Å². The number of benzene rings is 1. The molecule has 1 atom stereocenters. The molecule has 3 heteroatoms. The lowest BCUT2D eigenvalue weighted by Gasteiger charge is -2.07. The highest BCUT2D eigenvalue weighted by Crippen LogP contribution is 2.33. The van der Waals surface area contributed by atoms with Crippen molar-refractivity contribution in [3.8, 4) is 0 Å². The molecule has 0 amide bonds. The smallest absolute Gasteiger partial charge is 0.137 e. The summed E-state index contributed by atoms with van der Waals surface area (Å²) in [5.41, 5.74) is 8.22. The van der Waals surface area contributed by atoms with Crippen molar-refractivity contribution in [3.05, 3.63) is 34.0 Å². The van der Waals surface area contributed by atoms with Gasteiger partial charge in [0.05, 0.1) is 6.04 Å². The molecule has 0 spiro atoms. The maximum absolute atomic E-state index is 6.02. The van der Waals surface area contributed by atoms with E-state index in [1.807, 2.05) is 0 Å². The largest absolute Gasteiger partial charge is 0.459 e. The Morgan fingerprint density at radius 1 is 1.29 bits per heavy atom. The normalized spacial score (nSPS) is 13.5. The number of fused-ring (bicyclic) bond motifs is 1. The Bertz CT molecular complexity index is 530. The molecule has 2 N–H and O–H groups in total. The number of halogens is 1. The zero-order valence-corrected chi connectivity index (χ0v) is 12.0. The fraction of sp³-hybridized carbons (Fsp3) is 0.429. The molecule has 92 valence electrons. The van der Waals surface area contributed by atoms with Crippen LogP contribution in [0.2, 0.25) is 0 Å². The van der Waals surface area contributed by atoms with E-state index in [0.717, 1.165) is 27.6 Å². The first kappa shape index (κ1) is 12.7. The minimum atomic E-state index is -0.0128. The third-order valence-electron chi connectivity index (χ3n) is 3.06. The molecule has 0 saturated heterocycles. The Labute approximate surface area is 110 Å². The van der Waals surface area contributed by atoms with Gasteiger partial charge in [0.25, 0.3) is 0 Å². The first-order valence-electron chi connectivity index (χ1n) is 6.01. The molecule has 1 unspecified atom stereocenters. The van der Waals surface area contributed by atoms with Crippen LogP contribution in [0, 0.1) is 0 Å². The van der Waals surface area contributed by atoms with Crippen molar-refractivity contribution in [2.75, 3.05) is 0 Å². The van der Waals surface area contributed by atoms with Gasteiger partial charge >= 0.3 is 0 Å². The number of hydrogen-bond acceptors (Lipinski definition) is 2. The molecule has 0 aliphatic heterocycles. The molecular weight excluding hydrogens is 278 g/mol. The number of hydrogen-bond donors (Lipinski definition) is 1. The van der Waals surface area contributed by atoms with Gasteiger partial charge in [-0.25, -0.2) is 0 Å². The summed E-state index contributed by atoms with van der Waals surface area (Å²) in [6, 6.07) is 6.25. The number of furan rings is 1. The topological polar surface area (TPSA) is 39.2 Å². The summed E-state index contributed by atoms with van der Waals surface area (Å²) in [7, 11) is 0.